The first-order valence-electron chi connectivity index (χ1n) is 4.37. The summed E-state index contributed by atoms with van der Waals surface area (Å²) in [5.41, 5.74) is 0.448. The summed E-state index contributed by atoms with van der Waals surface area (Å²) in [6.07, 6.45) is 0.586. The van der Waals surface area contributed by atoms with E-state index in [9.17, 15) is 8.42 Å². The van der Waals surface area contributed by atoms with Crippen LogP contribution in [0.1, 0.15) is 23.8 Å². The lowest BCUT2D eigenvalue weighted by molar-refractivity contribution is 0.264. The van der Waals surface area contributed by atoms with Crippen LogP contribution in [-0.4, -0.2) is 30.2 Å². The van der Waals surface area contributed by atoms with Crippen molar-refractivity contribution in [3.8, 4) is 0 Å². The maximum Gasteiger partial charge on any atom is 0.151 e. The van der Waals surface area contributed by atoms with Crippen LogP contribution in [0.5, 0.6) is 0 Å². The molecular weight excluding hydrogens is 206 g/mol. The smallest absolute Gasteiger partial charge is 0.151 e. The van der Waals surface area contributed by atoms with Gasteiger partial charge in [0, 0.05) is 12.0 Å². The van der Waals surface area contributed by atoms with Gasteiger partial charge in [0.25, 0.3) is 0 Å². The molecule has 1 aromatic rings. The summed E-state index contributed by atoms with van der Waals surface area (Å²) in [4.78, 5) is 0. The van der Waals surface area contributed by atoms with Crippen LogP contribution < -0.4 is 0 Å². The largest absolute Gasteiger partial charge is 0.390 e. The van der Waals surface area contributed by atoms with Crippen LogP contribution in [-0.2, 0) is 16.4 Å². The lowest BCUT2D eigenvalue weighted by atomic mass is 10.1. The SMILES string of the molecule is O=S1(=O)CCC(c2cc(CO)no2)C1. The average Bonchev–Trinajstić information content (AvgIpc) is 2.70. The van der Waals surface area contributed by atoms with Crippen molar-refractivity contribution in [3.63, 3.8) is 0 Å². The van der Waals surface area contributed by atoms with E-state index in [2.05, 4.69) is 5.16 Å². The number of hydrogen-bond acceptors (Lipinski definition) is 5. The molecule has 1 atom stereocenters. The summed E-state index contributed by atoms with van der Waals surface area (Å²) >= 11 is 0. The van der Waals surface area contributed by atoms with E-state index in [1.807, 2.05) is 0 Å². The zero-order valence-corrected chi connectivity index (χ0v) is 8.33. The summed E-state index contributed by atoms with van der Waals surface area (Å²) in [6, 6.07) is 1.62. The second kappa shape index (κ2) is 3.36. The molecule has 2 heterocycles. The van der Waals surface area contributed by atoms with E-state index >= 15 is 0 Å². The minimum Gasteiger partial charge on any atom is -0.390 e. The van der Waals surface area contributed by atoms with Crippen LogP contribution in [0, 0.1) is 0 Å². The first kappa shape index (κ1) is 9.67. The second-order valence-corrected chi connectivity index (χ2v) is 5.71. The molecule has 0 spiro atoms. The van der Waals surface area contributed by atoms with E-state index in [0.29, 0.717) is 17.9 Å². The zero-order chi connectivity index (χ0) is 10.2. The standard InChI is InChI=1S/C8H11NO4S/c10-4-7-3-8(13-9-7)6-1-2-14(11,12)5-6/h3,6,10H,1-2,4-5H2. The van der Waals surface area contributed by atoms with Crippen molar-refractivity contribution < 1.29 is 18.0 Å². The molecule has 0 amide bonds. The molecular formula is C8H11NO4S. The predicted octanol–water partition coefficient (Wildman–Crippen LogP) is 0.0690. The third kappa shape index (κ3) is 1.80. The van der Waals surface area contributed by atoms with Gasteiger partial charge in [0.05, 0.1) is 18.1 Å². The molecule has 1 saturated heterocycles. The first-order valence-corrected chi connectivity index (χ1v) is 6.19. The van der Waals surface area contributed by atoms with Gasteiger partial charge in [-0.25, -0.2) is 8.42 Å². The van der Waals surface area contributed by atoms with Gasteiger partial charge in [0.15, 0.2) is 9.84 Å². The Morgan fingerprint density at radius 1 is 1.64 bits per heavy atom. The fourth-order valence-corrected chi connectivity index (χ4v) is 3.37. The second-order valence-electron chi connectivity index (χ2n) is 3.48. The topological polar surface area (TPSA) is 80.4 Å². The third-order valence-electron chi connectivity index (χ3n) is 2.37. The summed E-state index contributed by atoms with van der Waals surface area (Å²) < 4.78 is 27.3. The summed E-state index contributed by atoms with van der Waals surface area (Å²) in [5, 5.41) is 12.4. The molecule has 14 heavy (non-hydrogen) atoms. The molecule has 6 heteroatoms. The fourth-order valence-electron chi connectivity index (χ4n) is 1.61. The quantitative estimate of drug-likeness (QED) is 0.758. The normalized spacial score (nSPS) is 25.4. The highest BCUT2D eigenvalue weighted by Gasteiger charge is 2.31. The molecule has 2 rings (SSSR count). The minimum atomic E-state index is -2.89. The van der Waals surface area contributed by atoms with Gasteiger partial charge in [-0.2, -0.15) is 0 Å². The van der Waals surface area contributed by atoms with Crippen LogP contribution in [0.4, 0.5) is 0 Å². The Balaban J connectivity index is 2.17. The number of rotatable bonds is 2. The zero-order valence-electron chi connectivity index (χ0n) is 7.51. The van der Waals surface area contributed by atoms with Gasteiger partial charge in [-0.15, -0.1) is 0 Å². The molecule has 0 radical (unpaired) electrons. The molecule has 1 aliphatic heterocycles. The number of nitrogens with zero attached hydrogens (tertiary/aromatic N) is 1. The van der Waals surface area contributed by atoms with Crippen molar-refractivity contribution in [2.75, 3.05) is 11.5 Å². The molecule has 5 nitrogen and oxygen atoms in total. The van der Waals surface area contributed by atoms with Crippen molar-refractivity contribution in [1.29, 1.82) is 0 Å². The lowest BCUT2D eigenvalue weighted by Crippen LogP contribution is -2.02. The molecule has 1 fully saturated rings. The highest BCUT2D eigenvalue weighted by Crippen LogP contribution is 2.29. The van der Waals surface area contributed by atoms with Gasteiger partial charge >= 0.3 is 0 Å². The Morgan fingerprint density at radius 3 is 2.93 bits per heavy atom. The van der Waals surface area contributed by atoms with Gasteiger partial charge in [0.2, 0.25) is 0 Å². The summed E-state index contributed by atoms with van der Waals surface area (Å²) in [7, 11) is -2.89. The van der Waals surface area contributed by atoms with E-state index < -0.39 is 9.84 Å². The number of aliphatic hydroxyl groups excluding tert-OH is 1. The first-order chi connectivity index (χ1) is 6.61. The van der Waals surface area contributed by atoms with Crippen LogP contribution >= 0.6 is 0 Å². The minimum absolute atomic E-state index is 0.0900. The van der Waals surface area contributed by atoms with E-state index in [-0.39, 0.29) is 24.0 Å². The number of sulfone groups is 1. The Kier molecular flexibility index (Phi) is 2.32. The van der Waals surface area contributed by atoms with Crippen molar-refractivity contribution in [2.45, 2.75) is 18.9 Å². The molecule has 0 aromatic carbocycles. The van der Waals surface area contributed by atoms with Crippen LogP contribution in [0.15, 0.2) is 10.6 Å². The molecule has 1 unspecified atom stereocenters. The van der Waals surface area contributed by atoms with Crippen LogP contribution in [0.3, 0.4) is 0 Å². The van der Waals surface area contributed by atoms with Crippen molar-refractivity contribution in [3.05, 3.63) is 17.5 Å². The average molecular weight is 217 g/mol. The predicted molar refractivity (Wildman–Crippen MR) is 48.4 cm³/mol. The Bertz CT molecular complexity index is 422. The number of hydrogen-bond donors (Lipinski definition) is 1. The highest BCUT2D eigenvalue weighted by molar-refractivity contribution is 7.91. The fraction of sp³-hybridized carbons (Fsp3) is 0.625. The van der Waals surface area contributed by atoms with Crippen molar-refractivity contribution in [1.82, 2.24) is 5.16 Å². The monoisotopic (exact) mass is 217 g/mol. The van der Waals surface area contributed by atoms with Gasteiger partial charge in [-0.05, 0) is 6.42 Å². The molecule has 0 aliphatic carbocycles. The Hall–Kier alpha value is -0.880. The Labute approximate surface area is 81.6 Å². The lowest BCUT2D eigenvalue weighted by Gasteiger charge is -1.99. The number of aromatic nitrogens is 1. The van der Waals surface area contributed by atoms with Gasteiger partial charge < -0.3 is 9.63 Å². The third-order valence-corrected chi connectivity index (χ3v) is 4.14. The maximum absolute atomic E-state index is 11.2. The van der Waals surface area contributed by atoms with E-state index in [1.165, 1.54) is 0 Å². The molecule has 1 aliphatic rings. The van der Waals surface area contributed by atoms with E-state index in [0.717, 1.165) is 0 Å². The van der Waals surface area contributed by atoms with Crippen molar-refractivity contribution >= 4 is 9.84 Å². The van der Waals surface area contributed by atoms with Gasteiger partial charge in [-0.1, -0.05) is 5.16 Å². The molecule has 1 N–H and O–H groups in total. The van der Waals surface area contributed by atoms with Gasteiger partial charge in [0.1, 0.15) is 11.5 Å². The van der Waals surface area contributed by atoms with E-state index in [1.54, 1.807) is 6.07 Å². The van der Waals surface area contributed by atoms with Crippen molar-refractivity contribution in [2.24, 2.45) is 0 Å². The number of aliphatic hydroxyl groups is 1. The molecule has 0 saturated carbocycles. The summed E-state index contributed by atoms with van der Waals surface area (Å²) in [5.74, 6) is 0.822. The van der Waals surface area contributed by atoms with Gasteiger partial charge in [-0.3, -0.25) is 0 Å². The highest BCUT2D eigenvalue weighted by atomic mass is 32.2. The molecule has 1 aromatic heterocycles. The summed E-state index contributed by atoms with van der Waals surface area (Å²) in [6.45, 7) is -0.178. The van der Waals surface area contributed by atoms with Crippen LogP contribution in [0.25, 0.3) is 0 Å². The van der Waals surface area contributed by atoms with Crippen LogP contribution in [0.2, 0.25) is 0 Å². The van der Waals surface area contributed by atoms with E-state index in [4.69, 9.17) is 9.63 Å². The molecule has 78 valence electrons. The Morgan fingerprint density at radius 2 is 2.43 bits per heavy atom. The maximum atomic E-state index is 11.2. The molecule has 0 bridgehead atoms.